The van der Waals surface area contributed by atoms with Gasteiger partial charge in [0.15, 0.2) is 5.69 Å². The third kappa shape index (κ3) is 18.1. The van der Waals surface area contributed by atoms with E-state index >= 15 is 0 Å². The van der Waals surface area contributed by atoms with E-state index < -0.39 is 0 Å². The first-order valence-corrected chi connectivity index (χ1v) is 21.8. The van der Waals surface area contributed by atoms with Crippen LogP contribution in [-0.2, 0) is 65.4 Å². The second kappa shape index (κ2) is 38.8. The van der Waals surface area contributed by atoms with Crippen molar-refractivity contribution in [3.63, 3.8) is 0 Å². The van der Waals surface area contributed by atoms with Gasteiger partial charge in [-0.1, -0.05) is 150 Å². The molecule has 0 atom stereocenters. The van der Waals surface area contributed by atoms with Crippen molar-refractivity contribution in [3.8, 4) is 0 Å². The maximum Gasteiger partial charge on any atom is 0.298 e. The van der Waals surface area contributed by atoms with E-state index in [0.717, 1.165) is 68.9 Å². The van der Waals surface area contributed by atoms with Crippen LogP contribution in [0.1, 0.15) is 105 Å². The summed E-state index contributed by atoms with van der Waals surface area (Å²) < 4.78 is 2.38. The molecule has 64 heavy (non-hydrogen) atoms. The van der Waals surface area contributed by atoms with Gasteiger partial charge in [0.05, 0.1) is 16.6 Å². The summed E-state index contributed by atoms with van der Waals surface area (Å²) >= 11 is 0. The fourth-order valence-electron chi connectivity index (χ4n) is 6.48. The van der Waals surface area contributed by atoms with Gasteiger partial charge in [0.2, 0.25) is 0 Å². The number of carbonyl (C=O) groups excluding carboxylic acids is 1. The largest absolute Gasteiger partial charge is 0.662 e. The van der Waals surface area contributed by atoms with Crippen LogP contribution in [-0.4, -0.2) is 74.6 Å². The van der Waals surface area contributed by atoms with E-state index in [1.807, 2.05) is 118 Å². The van der Waals surface area contributed by atoms with E-state index in [1.54, 1.807) is 24.3 Å². The van der Waals surface area contributed by atoms with Crippen molar-refractivity contribution in [1.82, 2.24) is 34.7 Å². The predicted molar refractivity (Wildman–Crippen MR) is 277 cm³/mol. The number of piperidine rings is 2. The number of aromatic nitrogens is 6. The normalized spacial score (nSPS) is 12.5. The zero-order valence-corrected chi connectivity index (χ0v) is 48.7. The molecule has 6 heterocycles. The predicted octanol–water partition coefficient (Wildman–Crippen LogP) is 10.9. The van der Waals surface area contributed by atoms with Crippen molar-refractivity contribution in [2.24, 2.45) is 17.6 Å². The smallest absolute Gasteiger partial charge is 0.298 e. The maximum absolute atomic E-state index is 12.8. The van der Waals surface area contributed by atoms with Crippen molar-refractivity contribution < 1.29 is 70.2 Å². The SMILES string of the molecule is CC.CC.CC.CC.CC.I.NCC1CC[N-]CC1.O=C(NCC1CC[N-]CC1)c1n[nH]c2ccccc12.O=c1c2c3ccccc3nn2c(=O)c2c3ccccc3nn12.[CH3-].[CH3-].[Y].[Y]. The summed E-state index contributed by atoms with van der Waals surface area (Å²) in [5, 5.41) is 29.2. The van der Waals surface area contributed by atoms with E-state index in [0.29, 0.717) is 33.4 Å². The molecule has 0 spiro atoms. The Morgan fingerprint density at radius 2 is 1.02 bits per heavy atom. The topological polar surface area (TPSA) is 181 Å². The number of fused-ring (bicyclic) bond motifs is 7. The first-order chi connectivity index (χ1) is 29.0. The molecule has 2 fully saturated rings. The molecule has 0 saturated carbocycles. The summed E-state index contributed by atoms with van der Waals surface area (Å²) in [6.45, 7) is 25.5. The van der Waals surface area contributed by atoms with Crippen LogP contribution >= 0.6 is 24.0 Å². The quantitative estimate of drug-likeness (QED) is 0.116. The fraction of sp³-hybridized carbons (Fsp3) is 0.458. The molecule has 2 aliphatic rings. The van der Waals surface area contributed by atoms with E-state index in [2.05, 4.69) is 36.3 Å². The number of nitrogens with two attached hydrogens (primary N) is 1. The van der Waals surface area contributed by atoms with E-state index in [-0.39, 0.29) is 132 Å². The van der Waals surface area contributed by atoms with Gasteiger partial charge in [-0.2, -0.15) is 24.3 Å². The van der Waals surface area contributed by atoms with E-state index in [9.17, 15) is 14.4 Å². The molecule has 4 N–H and O–H groups in total. The number of hydrogen-bond donors (Lipinski definition) is 3. The standard InChI is InChI=1S/C16H8N4O2.C14H17N4O.C6H13N2.5C2H6.2CH3.HI.2Y/c21-15-13-9-5-1-3-7-11(9)17-19(13)16(22)14-10-6-2-4-8-12(10)18-20(14)15;19-14(16-9-10-5-7-15-8-6-10)13-11-3-1-2-4-12(11)17-18-13;7-5-6-1-3-8-4-2-6;5*1-2;;;;;/h1-8H;1-4,10H,5-9H2,(H,16,19)(H,17,18);6H,1-5,7H2;5*1-2H3;2*1H3;1H;;/q;2*-1;;;;;;2*-1;;;. The molecule has 3 aromatic carbocycles. The summed E-state index contributed by atoms with van der Waals surface area (Å²) in [6, 6.07) is 22.1. The number of hydrogen-bond acceptors (Lipinski definition) is 7. The van der Waals surface area contributed by atoms with Gasteiger partial charge in [0, 0.05) is 88.1 Å². The molecule has 2 saturated heterocycles. The molecular weight excluding hydrogens is 1070 g/mol. The van der Waals surface area contributed by atoms with Gasteiger partial charge >= 0.3 is 0 Å². The van der Waals surface area contributed by atoms with Gasteiger partial charge in [-0.05, 0) is 36.6 Å². The number of amides is 1. The van der Waals surface area contributed by atoms with E-state index in [4.69, 9.17) is 5.73 Å². The van der Waals surface area contributed by atoms with Crippen LogP contribution in [0.4, 0.5) is 0 Å². The molecule has 13 nitrogen and oxygen atoms in total. The number of nitrogens with one attached hydrogen (secondary N) is 2. The molecule has 2 radical (unpaired) electrons. The third-order valence-corrected chi connectivity index (χ3v) is 9.30. The summed E-state index contributed by atoms with van der Waals surface area (Å²) in [5.74, 6) is 1.22. The van der Waals surface area contributed by atoms with Crippen molar-refractivity contribution in [3.05, 3.63) is 125 Å². The number of benzene rings is 3. The van der Waals surface area contributed by atoms with Crippen molar-refractivity contribution in [2.75, 3.05) is 39.3 Å². The molecule has 0 bridgehead atoms. The monoisotopic (exact) mass is 1140 g/mol. The Labute approximate surface area is 450 Å². The number of aromatic amines is 1. The van der Waals surface area contributed by atoms with Crippen LogP contribution < -0.4 is 22.2 Å². The first-order valence-electron chi connectivity index (χ1n) is 21.8. The molecule has 0 unspecified atom stereocenters. The van der Waals surface area contributed by atoms with E-state index in [1.165, 1.54) is 21.9 Å². The van der Waals surface area contributed by atoms with Crippen molar-refractivity contribution >= 4 is 73.6 Å². The van der Waals surface area contributed by atoms with Gasteiger partial charge in [-0.25, -0.2) is 0 Å². The zero-order chi connectivity index (χ0) is 43.7. The number of halogens is 1. The third-order valence-electron chi connectivity index (χ3n) is 9.30. The number of nitrogens with zero attached hydrogens (tertiary/aromatic N) is 7. The number of para-hydroxylation sites is 1. The van der Waals surface area contributed by atoms with Gasteiger partial charge in [-0.15, -0.1) is 50.2 Å². The van der Waals surface area contributed by atoms with Gasteiger partial charge in [0.1, 0.15) is 11.0 Å². The minimum atomic E-state index is -0.334. The van der Waals surface area contributed by atoms with Gasteiger partial charge in [0.25, 0.3) is 17.0 Å². The Hall–Kier alpha value is -2.30. The zero-order valence-electron chi connectivity index (χ0n) is 40.6. The Morgan fingerprint density at radius 1 is 0.641 bits per heavy atom. The van der Waals surface area contributed by atoms with Crippen LogP contribution in [0.3, 0.4) is 0 Å². The Balaban J connectivity index is -0.000000393. The molecule has 352 valence electrons. The summed E-state index contributed by atoms with van der Waals surface area (Å²) in [4.78, 5) is 37.7. The average Bonchev–Trinajstić information content (AvgIpc) is 4.07. The van der Waals surface area contributed by atoms with Crippen molar-refractivity contribution in [1.29, 1.82) is 0 Å². The Bertz CT molecular complexity index is 2260. The van der Waals surface area contributed by atoms with Crippen LogP contribution in [0.2, 0.25) is 0 Å². The molecule has 1 amide bonds. The molecule has 0 aliphatic carbocycles. The summed E-state index contributed by atoms with van der Waals surface area (Å²) in [7, 11) is 0. The van der Waals surface area contributed by atoms with Gasteiger partial charge in [-0.3, -0.25) is 19.5 Å². The fourth-order valence-corrected chi connectivity index (χ4v) is 6.48. The van der Waals surface area contributed by atoms with Crippen molar-refractivity contribution in [2.45, 2.75) is 94.9 Å². The van der Waals surface area contributed by atoms with Crippen LogP contribution in [0.25, 0.3) is 54.4 Å². The minimum absolute atomic E-state index is 0. The molecule has 4 aromatic heterocycles. The molecular formula is C48H75IN10O3Y2-4. The second-order valence-corrected chi connectivity index (χ2v) is 12.5. The summed E-state index contributed by atoms with van der Waals surface area (Å²) in [5.41, 5.74) is 7.94. The average molecular weight is 1140 g/mol. The Morgan fingerprint density at radius 3 is 1.42 bits per heavy atom. The maximum atomic E-state index is 12.8. The van der Waals surface area contributed by atoms with Gasteiger partial charge < -0.3 is 36.5 Å². The summed E-state index contributed by atoms with van der Waals surface area (Å²) in [6.07, 6.45) is 4.58. The molecule has 7 aromatic rings. The molecule has 9 rings (SSSR count). The minimum Gasteiger partial charge on any atom is -0.662 e. The van der Waals surface area contributed by atoms with Crippen LogP contribution in [0, 0.1) is 26.7 Å². The second-order valence-electron chi connectivity index (χ2n) is 12.5. The molecule has 2 aliphatic heterocycles. The number of rotatable bonds is 4. The number of H-pyrrole nitrogens is 1. The van der Waals surface area contributed by atoms with Crippen LogP contribution in [0.5, 0.6) is 0 Å². The first kappa shape index (κ1) is 68.3. The Kier molecular flexibility index (Phi) is 41.4. The van der Waals surface area contributed by atoms with Crippen LogP contribution in [0.15, 0.2) is 82.4 Å². The molecule has 16 heteroatoms. The number of carbonyl (C=O) groups is 1.